The highest BCUT2D eigenvalue weighted by molar-refractivity contribution is 5.87. The summed E-state index contributed by atoms with van der Waals surface area (Å²) in [5, 5.41) is 19.7. The summed E-state index contributed by atoms with van der Waals surface area (Å²) in [5.74, 6) is -0.972. The van der Waals surface area contributed by atoms with Crippen LogP contribution >= 0.6 is 0 Å². The molecule has 0 fully saturated rings. The summed E-state index contributed by atoms with van der Waals surface area (Å²) in [6.07, 6.45) is 4.72. The first-order chi connectivity index (χ1) is 15.0. The van der Waals surface area contributed by atoms with Gasteiger partial charge in [0.05, 0.1) is 18.0 Å². The molecular formula is C22H18N6O3. The summed E-state index contributed by atoms with van der Waals surface area (Å²) < 4.78 is 2.86. The Bertz CT molecular complexity index is 1510. The molecule has 9 nitrogen and oxygen atoms in total. The zero-order valence-corrected chi connectivity index (χ0v) is 16.6. The van der Waals surface area contributed by atoms with Crippen LogP contribution < -0.4 is 5.56 Å². The van der Waals surface area contributed by atoms with Crippen molar-refractivity contribution >= 4 is 27.8 Å². The third-order valence-corrected chi connectivity index (χ3v) is 5.21. The average molecular weight is 414 g/mol. The molecule has 0 spiro atoms. The van der Waals surface area contributed by atoms with Gasteiger partial charge in [-0.2, -0.15) is 10.2 Å². The molecule has 0 aliphatic carbocycles. The number of nitrogens with zero attached hydrogens (tertiary/aromatic N) is 5. The van der Waals surface area contributed by atoms with Crippen molar-refractivity contribution in [3.8, 4) is 5.95 Å². The number of fused-ring (bicyclic) bond motifs is 2. The number of nitrogens with one attached hydrogen (secondary N) is 1. The molecule has 2 N–H and O–H groups in total. The van der Waals surface area contributed by atoms with Crippen molar-refractivity contribution in [3.05, 3.63) is 82.0 Å². The van der Waals surface area contributed by atoms with E-state index in [0.717, 1.165) is 5.56 Å². The second-order valence-electron chi connectivity index (χ2n) is 7.40. The van der Waals surface area contributed by atoms with Crippen LogP contribution in [0, 0.1) is 6.92 Å². The van der Waals surface area contributed by atoms with E-state index >= 15 is 0 Å². The maximum absolute atomic E-state index is 12.7. The summed E-state index contributed by atoms with van der Waals surface area (Å²) in [6.45, 7) is 2.60. The molecule has 0 aliphatic heterocycles. The lowest BCUT2D eigenvalue weighted by Crippen LogP contribution is -2.17. The third kappa shape index (κ3) is 3.46. The minimum Gasteiger partial charge on any atom is -0.478 e. The minimum atomic E-state index is -1.11. The van der Waals surface area contributed by atoms with Crippen LogP contribution in [0.1, 0.15) is 21.5 Å². The summed E-state index contributed by atoms with van der Waals surface area (Å²) in [4.78, 5) is 30.8. The molecule has 0 atom stereocenters. The van der Waals surface area contributed by atoms with Gasteiger partial charge in [0.2, 0.25) is 5.95 Å². The molecule has 2 aromatic carbocycles. The molecule has 0 amide bonds. The molecule has 0 bridgehead atoms. The molecule has 0 saturated heterocycles. The Balaban J connectivity index is 1.42. The van der Waals surface area contributed by atoms with E-state index in [-0.39, 0.29) is 17.1 Å². The molecule has 5 rings (SSSR count). The molecule has 5 aromatic rings. The molecule has 0 aliphatic rings. The van der Waals surface area contributed by atoms with Crippen LogP contribution in [0.25, 0.3) is 27.8 Å². The lowest BCUT2D eigenvalue weighted by molar-refractivity contribution is 0.0697. The van der Waals surface area contributed by atoms with Gasteiger partial charge in [0, 0.05) is 12.7 Å². The van der Waals surface area contributed by atoms with E-state index in [1.165, 1.54) is 39.6 Å². The van der Waals surface area contributed by atoms with Gasteiger partial charge < -0.3 is 5.11 Å². The zero-order chi connectivity index (χ0) is 21.5. The van der Waals surface area contributed by atoms with Crippen molar-refractivity contribution in [1.82, 2.24) is 29.5 Å². The maximum Gasteiger partial charge on any atom is 0.338 e. The van der Waals surface area contributed by atoms with Crippen molar-refractivity contribution in [3.63, 3.8) is 0 Å². The number of hydrogen-bond donors (Lipinski definition) is 2. The van der Waals surface area contributed by atoms with Gasteiger partial charge in [-0.15, -0.1) is 0 Å². The normalized spacial score (nSPS) is 11.4. The van der Waals surface area contributed by atoms with Gasteiger partial charge in [-0.1, -0.05) is 42.0 Å². The second kappa shape index (κ2) is 7.21. The van der Waals surface area contributed by atoms with Crippen LogP contribution in [0.15, 0.2) is 59.8 Å². The molecule has 9 heteroatoms. The first kappa shape index (κ1) is 18.7. The number of aryl methyl sites for hydroxylation is 3. The van der Waals surface area contributed by atoms with E-state index in [2.05, 4.69) is 63.5 Å². The van der Waals surface area contributed by atoms with Crippen molar-refractivity contribution in [2.45, 2.75) is 19.9 Å². The number of aromatic carboxylic acids is 1. The molecule has 31 heavy (non-hydrogen) atoms. The summed E-state index contributed by atoms with van der Waals surface area (Å²) >= 11 is 0. The highest BCUT2D eigenvalue weighted by Gasteiger charge is 2.14. The van der Waals surface area contributed by atoms with Crippen molar-refractivity contribution in [1.29, 1.82) is 0 Å². The van der Waals surface area contributed by atoms with E-state index in [0.29, 0.717) is 24.0 Å². The average Bonchev–Trinajstić information content (AvgIpc) is 3.40. The molecule has 0 unspecified atom stereocenters. The zero-order valence-electron chi connectivity index (χ0n) is 16.6. The highest BCUT2D eigenvalue weighted by Crippen LogP contribution is 2.19. The topological polar surface area (TPSA) is 119 Å². The van der Waals surface area contributed by atoms with Gasteiger partial charge in [-0.3, -0.25) is 14.5 Å². The Hall–Kier alpha value is -4.27. The number of aromatic amines is 1. The predicted octanol–water partition coefficient (Wildman–Crippen LogP) is 2.71. The fraction of sp³-hybridized carbons (Fsp3) is 0.136. The highest BCUT2D eigenvalue weighted by atomic mass is 16.4. The molecule has 3 aromatic heterocycles. The quantitative estimate of drug-likeness (QED) is 0.456. The molecule has 3 heterocycles. The number of benzene rings is 2. The number of aromatic nitrogens is 6. The van der Waals surface area contributed by atoms with Gasteiger partial charge in [0.1, 0.15) is 5.52 Å². The third-order valence-electron chi connectivity index (χ3n) is 5.21. The van der Waals surface area contributed by atoms with Gasteiger partial charge >= 0.3 is 5.97 Å². The van der Waals surface area contributed by atoms with E-state index in [1.807, 2.05) is 0 Å². The van der Waals surface area contributed by atoms with Gasteiger partial charge in [-0.05, 0) is 29.7 Å². The maximum atomic E-state index is 12.7. The minimum absolute atomic E-state index is 0.00369. The van der Waals surface area contributed by atoms with Crippen molar-refractivity contribution < 1.29 is 9.90 Å². The molecule has 154 valence electrons. The smallest absolute Gasteiger partial charge is 0.338 e. The van der Waals surface area contributed by atoms with Crippen LogP contribution in [-0.4, -0.2) is 40.6 Å². The van der Waals surface area contributed by atoms with E-state index in [9.17, 15) is 9.59 Å². The van der Waals surface area contributed by atoms with E-state index in [4.69, 9.17) is 5.11 Å². The SMILES string of the molecule is Cc1ccc2cc(CCn3ncc4nc(-n5cc(C(=O)O)cn5)[nH]c(=O)c43)ccc2c1. The van der Waals surface area contributed by atoms with E-state index < -0.39 is 5.97 Å². The van der Waals surface area contributed by atoms with Gasteiger partial charge in [0.15, 0.2) is 5.52 Å². The van der Waals surface area contributed by atoms with Crippen LogP contribution in [0.4, 0.5) is 0 Å². The monoisotopic (exact) mass is 414 g/mol. The summed E-state index contributed by atoms with van der Waals surface area (Å²) in [5.41, 5.74) is 2.80. The second-order valence-corrected chi connectivity index (χ2v) is 7.40. The van der Waals surface area contributed by atoms with Crippen molar-refractivity contribution in [2.75, 3.05) is 0 Å². The van der Waals surface area contributed by atoms with Crippen LogP contribution in [0.3, 0.4) is 0 Å². The number of hydrogen-bond acceptors (Lipinski definition) is 5. The fourth-order valence-electron chi connectivity index (χ4n) is 3.63. The van der Waals surface area contributed by atoms with Gasteiger partial charge in [-0.25, -0.2) is 14.5 Å². The van der Waals surface area contributed by atoms with Crippen molar-refractivity contribution in [2.24, 2.45) is 0 Å². The Kier molecular flexibility index (Phi) is 4.36. The lowest BCUT2D eigenvalue weighted by atomic mass is 10.0. The van der Waals surface area contributed by atoms with Crippen LogP contribution in [0.5, 0.6) is 0 Å². The Morgan fingerprint density at radius 3 is 2.71 bits per heavy atom. The van der Waals surface area contributed by atoms with Gasteiger partial charge in [0.25, 0.3) is 5.56 Å². The lowest BCUT2D eigenvalue weighted by Gasteiger charge is -2.06. The molecular weight excluding hydrogens is 396 g/mol. The summed E-state index contributed by atoms with van der Waals surface area (Å²) in [6, 6.07) is 12.7. The largest absolute Gasteiger partial charge is 0.478 e. The molecule has 0 radical (unpaired) electrons. The Labute approximate surface area is 175 Å². The predicted molar refractivity (Wildman–Crippen MR) is 115 cm³/mol. The number of rotatable bonds is 5. The fourth-order valence-corrected chi connectivity index (χ4v) is 3.63. The first-order valence-corrected chi connectivity index (χ1v) is 9.71. The van der Waals surface area contributed by atoms with Crippen LogP contribution in [-0.2, 0) is 13.0 Å². The van der Waals surface area contributed by atoms with E-state index in [1.54, 1.807) is 4.68 Å². The Morgan fingerprint density at radius 2 is 1.90 bits per heavy atom. The number of carbonyl (C=O) groups is 1. The number of carboxylic acids is 1. The summed E-state index contributed by atoms with van der Waals surface area (Å²) in [7, 11) is 0. The Morgan fingerprint density at radius 1 is 1.10 bits per heavy atom. The standard InChI is InChI=1S/C22H18N6O3/c1-13-2-4-16-9-14(3-5-15(16)8-13)6-7-27-19-18(11-24-27)25-22(26-20(19)29)28-12-17(10-23-28)21(30)31/h2-5,8-12H,6-7H2,1H3,(H,30,31)(H,25,26,29). The number of H-pyrrole nitrogens is 1. The number of carboxylic acid groups (broad SMARTS) is 1. The van der Waals surface area contributed by atoms with Crippen LogP contribution in [0.2, 0.25) is 0 Å². The first-order valence-electron chi connectivity index (χ1n) is 9.71. The molecule has 0 saturated carbocycles.